The van der Waals surface area contributed by atoms with E-state index in [2.05, 4.69) is 41.4 Å². The van der Waals surface area contributed by atoms with Crippen LogP contribution in [0.1, 0.15) is 24.0 Å². The van der Waals surface area contributed by atoms with Crippen LogP contribution in [0.5, 0.6) is 0 Å². The maximum atomic E-state index is 14.2. The highest BCUT2D eigenvalue weighted by atomic mass is 32.2. The first-order valence-corrected chi connectivity index (χ1v) is 9.75. The van der Waals surface area contributed by atoms with E-state index in [4.69, 9.17) is 0 Å². The summed E-state index contributed by atoms with van der Waals surface area (Å²) in [6.07, 6.45) is 2.21. The molecule has 1 aliphatic heterocycles. The number of thioether (sulfide) groups is 1. The quantitative estimate of drug-likeness (QED) is 0.819. The molecule has 3 rings (SSSR count). The normalized spacial score (nSPS) is 13.9. The predicted molar refractivity (Wildman–Crippen MR) is 104 cm³/mol. The number of amides is 1. The Balaban J connectivity index is 1.58. The molecule has 1 N–H and O–H groups in total. The van der Waals surface area contributed by atoms with Gasteiger partial charge in [-0.05, 0) is 37.5 Å². The Labute approximate surface area is 152 Å². The van der Waals surface area contributed by atoms with Gasteiger partial charge in [-0.2, -0.15) is 0 Å². The van der Waals surface area contributed by atoms with Crippen molar-refractivity contribution in [3.63, 3.8) is 0 Å². The fourth-order valence-corrected chi connectivity index (χ4v) is 3.77. The smallest absolute Gasteiger partial charge is 0.234 e. The first-order valence-electron chi connectivity index (χ1n) is 8.60. The topological polar surface area (TPSA) is 32.3 Å². The molecule has 0 radical (unpaired) electrons. The lowest BCUT2D eigenvalue weighted by atomic mass is 10.2. The predicted octanol–water partition coefficient (Wildman–Crippen LogP) is 4.61. The van der Waals surface area contributed by atoms with Crippen molar-refractivity contribution in [2.75, 3.05) is 29.1 Å². The molecule has 0 saturated carbocycles. The highest BCUT2D eigenvalue weighted by Gasteiger charge is 2.19. The average molecular weight is 358 g/mol. The molecule has 0 atom stereocenters. The van der Waals surface area contributed by atoms with Gasteiger partial charge in [0, 0.05) is 18.8 Å². The van der Waals surface area contributed by atoms with E-state index in [0.29, 0.717) is 11.4 Å². The van der Waals surface area contributed by atoms with Gasteiger partial charge in [-0.3, -0.25) is 4.79 Å². The van der Waals surface area contributed by atoms with Crippen LogP contribution in [0, 0.1) is 12.7 Å². The molecule has 5 heteroatoms. The van der Waals surface area contributed by atoms with Crippen molar-refractivity contribution in [2.24, 2.45) is 0 Å². The number of carbonyl (C=O) groups is 1. The maximum Gasteiger partial charge on any atom is 0.234 e. The van der Waals surface area contributed by atoms with Crippen molar-refractivity contribution in [3.05, 3.63) is 59.4 Å². The molecule has 2 aromatic carbocycles. The van der Waals surface area contributed by atoms with E-state index in [1.54, 1.807) is 6.07 Å². The van der Waals surface area contributed by atoms with Crippen LogP contribution in [-0.4, -0.2) is 24.7 Å². The van der Waals surface area contributed by atoms with E-state index in [9.17, 15) is 9.18 Å². The number of nitrogens with one attached hydrogen (secondary N) is 1. The Hall–Kier alpha value is -2.01. The number of para-hydroxylation sites is 1. The van der Waals surface area contributed by atoms with E-state index in [1.807, 2.05) is 6.07 Å². The second-order valence-electron chi connectivity index (χ2n) is 6.35. The zero-order valence-corrected chi connectivity index (χ0v) is 15.2. The average Bonchev–Trinajstić information content (AvgIpc) is 3.13. The third-order valence-electron chi connectivity index (χ3n) is 4.33. The van der Waals surface area contributed by atoms with Crippen LogP contribution < -0.4 is 10.2 Å². The van der Waals surface area contributed by atoms with Gasteiger partial charge in [-0.1, -0.05) is 35.9 Å². The Morgan fingerprint density at radius 1 is 1.16 bits per heavy atom. The molecule has 0 aromatic heterocycles. The van der Waals surface area contributed by atoms with Crippen LogP contribution in [-0.2, 0) is 10.5 Å². The molecule has 1 heterocycles. The van der Waals surface area contributed by atoms with E-state index < -0.39 is 0 Å². The molecule has 1 amide bonds. The summed E-state index contributed by atoms with van der Waals surface area (Å²) in [6.45, 7) is 3.87. The molecule has 0 unspecified atom stereocenters. The summed E-state index contributed by atoms with van der Waals surface area (Å²) in [5.41, 5.74) is 3.51. The molecule has 132 valence electrons. The van der Waals surface area contributed by atoms with Crippen molar-refractivity contribution in [1.29, 1.82) is 0 Å². The number of halogens is 1. The van der Waals surface area contributed by atoms with Crippen LogP contribution in [0.25, 0.3) is 0 Å². The van der Waals surface area contributed by atoms with Gasteiger partial charge in [0.05, 0.1) is 11.4 Å². The van der Waals surface area contributed by atoms with E-state index in [1.165, 1.54) is 29.0 Å². The standard InChI is InChI=1S/C20H23FN2OS/c1-15-7-9-16(10-8-15)13-25-14-19(24)22-20-17(21)5-4-6-18(20)23-11-2-3-12-23/h4-10H,2-3,11-14H2,1H3,(H,22,24). The Bertz CT molecular complexity index is 727. The minimum absolute atomic E-state index is 0.164. The van der Waals surface area contributed by atoms with Crippen molar-refractivity contribution in [2.45, 2.75) is 25.5 Å². The third-order valence-corrected chi connectivity index (χ3v) is 5.33. The molecule has 25 heavy (non-hydrogen) atoms. The van der Waals surface area contributed by atoms with Gasteiger partial charge in [-0.15, -0.1) is 11.8 Å². The summed E-state index contributed by atoms with van der Waals surface area (Å²) in [4.78, 5) is 14.4. The molecule has 0 aliphatic carbocycles. The maximum absolute atomic E-state index is 14.2. The number of aryl methyl sites for hydroxylation is 1. The van der Waals surface area contributed by atoms with Gasteiger partial charge in [0.15, 0.2) is 0 Å². The number of hydrogen-bond donors (Lipinski definition) is 1. The van der Waals surface area contributed by atoms with Crippen LogP contribution in [0.3, 0.4) is 0 Å². The van der Waals surface area contributed by atoms with Crippen LogP contribution >= 0.6 is 11.8 Å². The lowest BCUT2D eigenvalue weighted by Gasteiger charge is -2.22. The third kappa shape index (κ3) is 4.75. The number of benzene rings is 2. The first-order chi connectivity index (χ1) is 12.1. The summed E-state index contributed by atoms with van der Waals surface area (Å²) >= 11 is 1.54. The molecule has 0 spiro atoms. The fraction of sp³-hybridized carbons (Fsp3) is 0.350. The zero-order valence-electron chi connectivity index (χ0n) is 14.4. The van der Waals surface area contributed by atoms with E-state index in [0.717, 1.165) is 37.4 Å². The van der Waals surface area contributed by atoms with Gasteiger partial charge in [0.2, 0.25) is 5.91 Å². The molecule has 0 bridgehead atoms. The molecule has 3 nitrogen and oxygen atoms in total. The number of rotatable bonds is 6. The van der Waals surface area contributed by atoms with Gasteiger partial charge in [-0.25, -0.2) is 4.39 Å². The second kappa shape index (κ2) is 8.39. The van der Waals surface area contributed by atoms with Crippen molar-refractivity contribution < 1.29 is 9.18 Å². The van der Waals surface area contributed by atoms with Crippen LogP contribution in [0.2, 0.25) is 0 Å². The number of nitrogens with zero attached hydrogens (tertiary/aromatic N) is 1. The van der Waals surface area contributed by atoms with Crippen molar-refractivity contribution in [3.8, 4) is 0 Å². The highest BCUT2D eigenvalue weighted by molar-refractivity contribution is 7.99. The Morgan fingerprint density at radius 3 is 2.60 bits per heavy atom. The number of carbonyl (C=O) groups excluding carboxylic acids is 1. The Kier molecular flexibility index (Phi) is 5.97. The SMILES string of the molecule is Cc1ccc(CSCC(=O)Nc2c(F)cccc2N2CCCC2)cc1. The summed E-state index contributed by atoms with van der Waals surface area (Å²) < 4.78 is 14.2. The van der Waals surface area contributed by atoms with E-state index >= 15 is 0 Å². The molecule has 1 aliphatic rings. The van der Waals surface area contributed by atoms with Crippen molar-refractivity contribution in [1.82, 2.24) is 0 Å². The minimum atomic E-state index is -0.374. The van der Waals surface area contributed by atoms with E-state index in [-0.39, 0.29) is 11.7 Å². The summed E-state index contributed by atoms with van der Waals surface area (Å²) in [5.74, 6) is 0.537. The molecular formula is C20H23FN2OS. The zero-order chi connectivity index (χ0) is 17.6. The lowest BCUT2D eigenvalue weighted by molar-refractivity contribution is -0.113. The summed E-state index contributed by atoms with van der Waals surface area (Å²) in [5, 5.41) is 2.77. The fourth-order valence-electron chi connectivity index (χ4n) is 2.98. The molecular weight excluding hydrogens is 335 g/mol. The Morgan fingerprint density at radius 2 is 1.88 bits per heavy atom. The lowest BCUT2D eigenvalue weighted by Crippen LogP contribution is -2.22. The minimum Gasteiger partial charge on any atom is -0.370 e. The van der Waals surface area contributed by atoms with Gasteiger partial charge >= 0.3 is 0 Å². The molecule has 1 saturated heterocycles. The van der Waals surface area contributed by atoms with Gasteiger partial charge in [0.25, 0.3) is 0 Å². The van der Waals surface area contributed by atoms with Crippen molar-refractivity contribution >= 4 is 29.0 Å². The molecule has 1 fully saturated rings. The summed E-state index contributed by atoms with van der Waals surface area (Å²) in [6, 6.07) is 13.3. The molecule has 2 aromatic rings. The summed E-state index contributed by atoms with van der Waals surface area (Å²) in [7, 11) is 0. The number of hydrogen-bond acceptors (Lipinski definition) is 3. The van der Waals surface area contributed by atoms with Crippen LogP contribution in [0.4, 0.5) is 15.8 Å². The van der Waals surface area contributed by atoms with Crippen LogP contribution in [0.15, 0.2) is 42.5 Å². The monoisotopic (exact) mass is 358 g/mol. The second-order valence-corrected chi connectivity index (χ2v) is 7.34. The largest absolute Gasteiger partial charge is 0.370 e. The first kappa shape index (κ1) is 17.8. The van der Waals surface area contributed by atoms with Gasteiger partial charge in [0.1, 0.15) is 11.5 Å². The van der Waals surface area contributed by atoms with Gasteiger partial charge < -0.3 is 10.2 Å². The number of anilines is 2. The highest BCUT2D eigenvalue weighted by Crippen LogP contribution is 2.31.